The number of benzene rings is 3. The van der Waals surface area contributed by atoms with E-state index in [2.05, 4.69) is 79.0 Å². The molecule has 0 atom stereocenters. The number of carbonyl (C=O) groups excluding carboxylic acids is 1. The predicted molar refractivity (Wildman–Crippen MR) is 146 cm³/mol. The normalized spacial score (nSPS) is 14.3. The molecule has 170 valence electrons. The van der Waals surface area contributed by atoms with Crippen LogP contribution in [-0.4, -0.2) is 11.8 Å². The molecule has 0 bridgehead atoms. The lowest BCUT2D eigenvalue weighted by atomic mass is 9.85. The second kappa shape index (κ2) is 9.90. The number of rotatable bonds is 6. The van der Waals surface area contributed by atoms with Crippen LogP contribution in [0.4, 0.5) is 5.69 Å². The van der Waals surface area contributed by atoms with E-state index in [1.165, 1.54) is 0 Å². The molecule has 33 heavy (non-hydrogen) atoms. The van der Waals surface area contributed by atoms with Gasteiger partial charge in [-0.05, 0) is 81.5 Å². The molecule has 0 saturated carbocycles. The van der Waals surface area contributed by atoms with E-state index in [1.807, 2.05) is 36.4 Å². The molecule has 4 rings (SSSR count). The van der Waals surface area contributed by atoms with Crippen molar-refractivity contribution < 1.29 is 9.53 Å². The minimum atomic E-state index is -0.121. The van der Waals surface area contributed by atoms with Crippen LogP contribution in [0.3, 0.4) is 0 Å². The summed E-state index contributed by atoms with van der Waals surface area (Å²) in [5.41, 5.74) is 6.69. The Labute approximate surface area is 214 Å². The number of alkyl halides is 1. The van der Waals surface area contributed by atoms with Crippen molar-refractivity contribution in [1.29, 1.82) is 0 Å². The first kappa shape index (κ1) is 23.8. The topological polar surface area (TPSA) is 38.3 Å². The lowest BCUT2D eigenvalue weighted by Gasteiger charge is -2.25. The first-order chi connectivity index (χ1) is 15.8. The van der Waals surface area contributed by atoms with Gasteiger partial charge in [0.05, 0.1) is 3.57 Å². The van der Waals surface area contributed by atoms with Crippen molar-refractivity contribution in [3.8, 4) is 5.75 Å². The van der Waals surface area contributed by atoms with E-state index < -0.39 is 0 Å². The third-order valence-electron chi connectivity index (χ3n) is 5.66. The number of amides is 1. The summed E-state index contributed by atoms with van der Waals surface area (Å²) in [7, 11) is 0. The summed E-state index contributed by atoms with van der Waals surface area (Å²) in [4.78, 5) is 12.8. The van der Waals surface area contributed by atoms with Gasteiger partial charge in [0.15, 0.2) is 0 Å². The molecule has 1 aliphatic heterocycles. The molecular weight excluding hydrogens is 545 g/mol. The molecule has 3 aromatic carbocycles. The number of carbonyl (C=O) groups is 1. The fourth-order valence-electron chi connectivity index (χ4n) is 3.94. The number of hydrogen-bond donors (Lipinski definition) is 1. The molecule has 0 aromatic heterocycles. The van der Waals surface area contributed by atoms with Crippen LogP contribution in [0.1, 0.15) is 48.6 Å². The summed E-state index contributed by atoms with van der Waals surface area (Å²) >= 11 is 8.26. The van der Waals surface area contributed by atoms with E-state index in [0.29, 0.717) is 18.1 Å². The van der Waals surface area contributed by atoms with E-state index >= 15 is 0 Å². The van der Waals surface area contributed by atoms with Crippen molar-refractivity contribution in [2.45, 2.75) is 39.2 Å². The number of aryl methyl sites for hydroxylation is 1. The second-order valence-electron chi connectivity index (χ2n) is 9.23. The van der Waals surface area contributed by atoms with Crippen molar-refractivity contribution >= 4 is 57.4 Å². The van der Waals surface area contributed by atoms with Gasteiger partial charge in [-0.15, -0.1) is 11.6 Å². The fraction of sp³-hybridized carbons (Fsp3) is 0.250. The minimum absolute atomic E-state index is 0.0789. The number of nitrogens with one attached hydrogen (secondary N) is 1. The summed E-state index contributed by atoms with van der Waals surface area (Å²) < 4.78 is 7.33. The average Bonchev–Trinajstić information content (AvgIpc) is 3.07. The Bertz CT molecular complexity index is 1210. The summed E-state index contributed by atoms with van der Waals surface area (Å²) in [6.07, 6.45) is 2.75. The molecule has 0 saturated heterocycles. The molecule has 0 aliphatic carbocycles. The van der Waals surface area contributed by atoms with Crippen LogP contribution >= 0.6 is 34.2 Å². The zero-order valence-electron chi connectivity index (χ0n) is 19.0. The highest BCUT2D eigenvalue weighted by Crippen LogP contribution is 2.39. The predicted octanol–water partition coefficient (Wildman–Crippen LogP) is 7.44. The molecule has 0 spiro atoms. The summed E-state index contributed by atoms with van der Waals surface area (Å²) in [6.45, 7) is 7.06. The minimum Gasteiger partial charge on any atom is -0.487 e. The average molecular weight is 572 g/mol. The summed E-state index contributed by atoms with van der Waals surface area (Å²) in [5.74, 6) is 1.37. The molecule has 3 aromatic rings. The lowest BCUT2D eigenvalue weighted by molar-refractivity contribution is -0.110. The Balaban J connectivity index is 1.72. The fourth-order valence-corrected chi connectivity index (χ4v) is 4.97. The monoisotopic (exact) mass is 571 g/mol. The summed E-state index contributed by atoms with van der Waals surface area (Å²) in [5, 5.41) is 2.98. The molecule has 1 amide bonds. The molecule has 0 fully saturated rings. The van der Waals surface area contributed by atoms with Gasteiger partial charge < -0.3 is 10.1 Å². The maximum Gasteiger partial charge on any atom is 0.256 e. The third kappa shape index (κ3) is 5.44. The van der Waals surface area contributed by atoms with Crippen LogP contribution in [0.15, 0.2) is 60.7 Å². The molecule has 1 N–H and O–H groups in total. The van der Waals surface area contributed by atoms with Crippen LogP contribution in [0, 0.1) is 3.57 Å². The largest absolute Gasteiger partial charge is 0.487 e. The standard InChI is InChI=1S/C28H27ClINO2/c1-28(2,3)23-15-20(16-24(30)26(23)33-17-19-7-5-4-6-8-19)14-22-21-13-18(11-12-29)9-10-25(21)31-27(22)32/h4-10,13-16H,11-12,17H2,1-3H3,(H,31,32). The zero-order valence-corrected chi connectivity index (χ0v) is 22.0. The zero-order chi connectivity index (χ0) is 23.6. The second-order valence-corrected chi connectivity index (χ2v) is 10.8. The van der Waals surface area contributed by atoms with Crippen molar-refractivity contribution in [2.24, 2.45) is 0 Å². The Hall–Kier alpha value is -2.31. The van der Waals surface area contributed by atoms with Gasteiger partial charge in [-0.1, -0.05) is 57.2 Å². The maximum absolute atomic E-state index is 12.8. The number of ether oxygens (including phenoxy) is 1. The Morgan fingerprint density at radius 2 is 1.79 bits per heavy atom. The number of anilines is 1. The van der Waals surface area contributed by atoms with Gasteiger partial charge in [-0.25, -0.2) is 0 Å². The highest BCUT2D eigenvalue weighted by Gasteiger charge is 2.26. The van der Waals surface area contributed by atoms with Crippen molar-refractivity contribution in [1.82, 2.24) is 0 Å². The van der Waals surface area contributed by atoms with Crippen LogP contribution in [0.5, 0.6) is 5.75 Å². The van der Waals surface area contributed by atoms with E-state index in [-0.39, 0.29) is 11.3 Å². The first-order valence-corrected chi connectivity index (χ1v) is 12.6. The highest BCUT2D eigenvalue weighted by atomic mass is 127. The molecule has 1 aliphatic rings. The molecule has 3 nitrogen and oxygen atoms in total. The van der Waals surface area contributed by atoms with Gasteiger partial charge in [0.2, 0.25) is 0 Å². The molecule has 0 radical (unpaired) electrons. The highest BCUT2D eigenvalue weighted by molar-refractivity contribution is 14.1. The quantitative estimate of drug-likeness (QED) is 0.190. The van der Waals surface area contributed by atoms with Crippen molar-refractivity contribution in [2.75, 3.05) is 11.2 Å². The van der Waals surface area contributed by atoms with Crippen LogP contribution in [0.25, 0.3) is 11.6 Å². The third-order valence-corrected chi connectivity index (χ3v) is 6.65. The van der Waals surface area contributed by atoms with E-state index in [9.17, 15) is 4.79 Å². The van der Waals surface area contributed by atoms with Crippen LogP contribution < -0.4 is 10.1 Å². The number of hydrogen-bond acceptors (Lipinski definition) is 2. The molecule has 5 heteroatoms. The Morgan fingerprint density at radius 3 is 2.48 bits per heavy atom. The van der Waals surface area contributed by atoms with Gasteiger partial charge in [-0.3, -0.25) is 4.79 Å². The van der Waals surface area contributed by atoms with Crippen molar-refractivity contribution in [3.63, 3.8) is 0 Å². The first-order valence-electron chi connectivity index (χ1n) is 11.0. The summed E-state index contributed by atoms with van der Waals surface area (Å²) in [6, 6.07) is 20.4. The van der Waals surface area contributed by atoms with E-state index in [0.717, 1.165) is 49.2 Å². The number of halogens is 2. The van der Waals surface area contributed by atoms with E-state index in [4.69, 9.17) is 16.3 Å². The van der Waals surface area contributed by atoms with Crippen LogP contribution in [0.2, 0.25) is 0 Å². The smallest absolute Gasteiger partial charge is 0.256 e. The van der Waals surface area contributed by atoms with Gasteiger partial charge in [0.25, 0.3) is 5.91 Å². The molecular formula is C28H27ClINO2. The van der Waals surface area contributed by atoms with Gasteiger partial charge in [-0.2, -0.15) is 0 Å². The maximum atomic E-state index is 12.8. The van der Waals surface area contributed by atoms with Gasteiger partial charge in [0.1, 0.15) is 12.4 Å². The molecule has 1 heterocycles. The Morgan fingerprint density at radius 1 is 1.03 bits per heavy atom. The van der Waals surface area contributed by atoms with Gasteiger partial charge >= 0.3 is 0 Å². The van der Waals surface area contributed by atoms with Gasteiger partial charge in [0, 0.05) is 28.3 Å². The van der Waals surface area contributed by atoms with E-state index in [1.54, 1.807) is 0 Å². The number of fused-ring (bicyclic) bond motifs is 1. The van der Waals surface area contributed by atoms with Crippen LogP contribution in [-0.2, 0) is 23.2 Å². The molecule has 0 unspecified atom stereocenters. The van der Waals surface area contributed by atoms with Crippen molar-refractivity contribution in [3.05, 3.63) is 92.1 Å². The lowest BCUT2D eigenvalue weighted by Crippen LogP contribution is -2.15. The Kier molecular flexibility index (Phi) is 7.15. The SMILES string of the molecule is CC(C)(C)c1cc(C=C2C(=O)Nc3ccc(CCCl)cc32)cc(I)c1OCc1ccccc1.